The number of morpholine rings is 1. The Hall–Kier alpha value is -1.94. The third-order valence-electron chi connectivity index (χ3n) is 4.16. The summed E-state index contributed by atoms with van der Waals surface area (Å²) in [5.74, 6) is 0.407. The highest BCUT2D eigenvalue weighted by molar-refractivity contribution is 7.91. The zero-order valence-corrected chi connectivity index (χ0v) is 17.4. The van der Waals surface area contributed by atoms with Gasteiger partial charge in [-0.25, -0.2) is 8.42 Å². The third kappa shape index (κ3) is 5.11. The van der Waals surface area contributed by atoms with E-state index in [0.29, 0.717) is 49.2 Å². The van der Waals surface area contributed by atoms with Crippen molar-refractivity contribution in [2.75, 3.05) is 38.2 Å². The highest BCUT2D eigenvalue weighted by Crippen LogP contribution is 2.27. The Morgan fingerprint density at radius 2 is 1.96 bits per heavy atom. The van der Waals surface area contributed by atoms with Crippen molar-refractivity contribution in [3.05, 3.63) is 41.3 Å². The number of nitrogens with one attached hydrogen (secondary N) is 1. The normalized spacial score (nSPS) is 15.3. The molecular weight excluding hydrogens is 400 g/mol. The van der Waals surface area contributed by atoms with Crippen LogP contribution >= 0.6 is 11.3 Å². The van der Waals surface area contributed by atoms with Crippen molar-refractivity contribution >= 4 is 33.0 Å². The summed E-state index contributed by atoms with van der Waals surface area (Å²) in [5, 5.41) is 2.85. The lowest BCUT2D eigenvalue weighted by Crippen LogP contribution is -2.40. The number of carbonyl (C=O) groups excluding carboxylic acids is 1. The first-order valence-electron chi connectivity index (χ1n) is 9.19. The van der Waals surface area contributed by atoms with E-state index in [4.69, 9.17) is 9.47 Å². The molecule has 0 spiro atoms. The van der Waals surface area contributed by atoms with Gasteiger partial charge in [0.05, 0.1) is 31.9 Å². The summed E-state index contributed by atoms with van der Waals surface area (Å²) in [7, 11) is -3.53. The van der Waals surface area contributed by atoms with E-state index >= 15 is 0 Å². The van der Waals surface area contributed by atoms with Crippen LogP contribution in [-0.2, 0) is 26.0 Å². The van der Waals surface area contributed by atoms with Crippen LogP contribution in [0.5, 0.6) is 5.75 Å². The first kappa shape index (κ1) is 20.8. The molecule has 0 aliphatic carbocycles. The van der Waals surface area contributed by atoms with E-state index in [1.807, 2.05) is 25.1 Å². The molecule has 2 heterocycles. The average molecular weight is 425 g/mol. The highest BCUT2D eigenvalue weighted by atomic mass is 32.2. The molecule has 0 radical (unpaired) electrons. The predicted molar refractivity (Wildman–Crippen MR) is 108 cm³/mol. The van der Waals surface area contributed by atoms with Crippen molar-refractivity contribution in [3.8, 4) is 5.75 Å². The smallest absolute Gasteiger partial charge is 0.252 e. The fourth-order valence-electron chi connectivity index (χ4n) is 2.77. The summed E-state index contributed by atoms with van der Waals surface area (Å²) in [6, 6.07) is 10.5. The van der Waals surface area contributed by atoms with Gasteiger partial charge in [-0.3, -0.25) is 4.79 Å². The molecule has 28 heavy (non-hydrogen) atoms. The first-order valence-corrected chi connectivity index (χ1v) is 11.4. The predicted octanol–water partition coefficient (Wildman–Crippen LogP) is 2.74. The second-order valence-corrected chi connectivity index (χ2v) is 9.64. The average Bonchev–Trinajstić information content (AvgIpc) is 3.17. The molecule has 1 amide bonds. The van der Waals surface area contributed by atoms with Gasteiger partial charge < -0.3 is 14.8 Å². The molecule has 1 saturated heterocycles. The van der Waals surface area contributed by atoms with E-state index in [1.54, 1.807) is 18.2 Å². The molecule has 1 aliphatic heterocycles. The molecule has 9 heteroatoms. The molecule has 152 valence electrons. The van der Waals surface area contributed by atoms with Gasteiger partial charge in [0.1, 0.15) is 9.96 Å². The topological polar surface area (TPSA) is 84.9 Å². The van der Waals surface area contributed by atoms with Gasteiger partial charge in [-0.15, -0.1) is 11.3 Å². The maximum absolute atomic E-state index is 12.7. The van der Waals surface area contributed by atoms with E-state index < -0.39 is 10.0 Å². The van der Waals surface area contributed by atoms with Gasteiger partial charge in [-0.05, 0) is 30.7 Å². The summed E-state index contributed by atoms with van der Waals surface area (Å²) < 4.78 is 37.9. The van der Waals surface area contributed by atoms with Crippen molar-refractivity contribution in [2.45, 2.75) is 24.0 Å². The van der Waals surface area contributed by atoms with E-state index in [-0.39, 0.29) is 16.5 Å². The lowest BCUT2D eigenvalue weighted by atomic mass is 10.2. The maximum Gasteiger partial charge on any atom is 0.252 e. The van der Waals surface area contributed by atoms with Gasteiger partial charge in [0.25, 0.3) is 10.0 Å². The number of anilines is 1. The van der Waals surface area contributed by atoms with E-state index in [0.717, 1.165) is 17.8 Å². The monoisotopic (exact) mass is 424 g/mol. The number of carbonyl (C=O) groups is 1. The molecule has 0 atom stereocenters. The van der Waals surface area contributed by atoms with Gasteiger partial charge in [-0.1, -0.05) is 19.1 Å². The van der Waals surface area contributed by atoms with Crippen LogP contribution in [0.4, 0.5) is 5.69 Å². The Bertz CT molecular complexity index is 905. The van der Waals surface area contributed by atoms with Gasteiger partial charge in [-0.2, -0.15) is 4.31 Å². The largest absolute Gasteiger partial charge is 0.491 e. The fraction of sp³-hybridized carbons (Fsp3) is 0.421. The SMILES string of the molecule is CCCOc1ccccc1NC(=O)Cc1ccc(S(=O)(=O)N2CCOCC2)s1. The van der Waals surface area contributed by atoms with Crippen LogP contribution in [0.2, 0.25) is 0 Å². The zero-order valence-electron chi connectivity index (χ0n) is 15.7. The Balaban J connectivity index is 1.64. The second-order valence-electron chi connectivity index (χ2n) is 6.31. The van der Waals surface area contributed by atoms with E-state index in [9.17, 15) is 13.2 Å². The number of benzene rings is 1. The molecular formula is C19H24N2O5S2. The lowest BCUT2D eigenvalue weighted by molar-refractivity contribution is -0.115. The van der Waals surface area contributed by atoms with Crippen molar-refractivity contribution in [1.82, 2.24) is 4.31 Å². The minimum atomic E-state index is -3.53. The number of hydrogen-bond donors (Lipinski definition) is 1. The standard InChI is InChI=1S/C19H24N2O5S2/c1-2-11-26-17-6-4-3-5-16(17)20-18(22)14-15-7-8-19(27-15)28(23,24)21-9-12-25-13-10-21/h3-8H,2,9-14H2,1H3,(H,20,22). The van der Waals surface area contributed by atoms with Crippen LogP contribution in [0.1, 0.15) is 18.2 Å². The van der Waals surface area contributed by atoms with E-state index in [1.165, 1.54) is 4.31 Å². The third-order valence-corrected chi connectivity index (χ3v) is 7.61. The first-order chi connectivity index (χ1) is 13.5. The summed E-state index contributed by atoms with van der Waals surface area (Å²) in [6.45, 7) is 4.09. The van der Waals surface area contributed by atoms with E-state index in [2.05, 4.69) is 5.32 Å². The highest BCUT2D eigenvalue weighted by Gasteiger charge is 2.28. The summed E-state index contributed by atoms with van der Waals surface area (Å²) >= 11 is 1.13. The number of hydrogen-bond acceptors (Lipinski definition) is 6. The molecule has 1 N–H and O–H groups in total. The molecule has 3 rings (SSSR count). The van der Waals surface area contributed by atoms with Crippen LogP contribution in [0.3, 0.4) is 0 Å². The second kappa shape index (κ2) is 9.51. The minimum absolute atomic E-state index is 0.103. The molecule has 1 aromatic carbocycles. The molecule has 2 aromatic rings. The van der Waals surface area contributed by atoms with Gasteiger partial charge >= 0.3 is 0 Å². The number of thiophene rings is 1. The Morgan fingerprint density at radius 1 is 1.21 bits per heavy atom. The number of sulfonamides is 1. The number of amides is 1. The Kier molecular flexibility index (Phi) is 7.06. The van der Waals surface area contributed by atoms with Gasteiger partial charge in [0, 0.05) is 18.0 Å². The van der Waals surface area contributed by atoms with Crippen molar-refractivity contribution in [1.29, 1.82) is 0 Å². The molecule has 0 bridgehead atoms. The Labute approximate surface area is 169 Å². The quantitative estimate of drug-likeness (QED) is 0.704. The van der Waals surface area contributed by atoms with Crippen LogP contribution < -0.4 is 10.1 Å². The van der Waals surface area contributed by atoms with Crippen LogP contribution in [0, 0.1) is 0 Å². The molecule has 7 nitrogen and oxygen atoms in total. The van der Waals surface area contributed by atoms with Crippen molar-refractivity contribution in [3.63, 3.8) is 0 Å². The Morgan fingerprint density at radius 3 is 2.71 bits per heavy atom. The summed E-state index contributed by atoms with van der Waals surface area (Å²) in [5.41, 5.74) is 0.610. The zero-order chi connectivity index (χ0) is 20.0. The van der Waals surface area contributed by atoms with Gasteiger partial charge in [0.2, 0.25) is 5.91 Å². The number of para-hydroxylation sites is 2. The van der Waals surface area contributed by atoms with Crippen LogP contribution in [-0.4, -0.2) is 51.5 Å². The molecule has 0 unspecified atom stereocenters. The minimum Gasteiger partial charge on any atom is -0.491 e. The number of rotatable bonds is 8. The fourth-order valence-corrected chi connectivity index (χ4v) is 5.68. The molecule has 0 saturated carbocycles. The van der Waals surface area contributed by atoms with Crippen LogP contribution in [0.15, 0.2) is 40.6 Å². The van der Waals surface area contributed by atoms with Crippen molar-refractivity contribution in [2.24, 2.45) is 0 Å². The molecule has 1 fully saturated rings. The summed E-state index contributed by atoms with van der Waals surface area (Å²) in [6.07, 6.45) is 0.975. The lowest BCUT2D eigenvalue weighted by Gasteiger charge is -2.25. The molecule has 1 aliphatic rings. The van der Waals surface area contributed by atoms with Gasteiger partial charge in [0.15, 0.2) is 0 Å². The maximum atomic E-state index is 12.7. The number of nitrogens with zero attached hydrogens (tertiary/aromatic N) is 1. The van der Waals surface area contributed by atoms with Crippen LogP contribution in [0.25, 0.3) is 0 Å². The molecule has 1 aromatic heterocycles. The van der Waals surface area contributed by atoms with Crippen molar-refractivity contribution < 1.29 is 22.7 Å². The number of ether oxygens (including phenoxy) is 2. The summed E-state index contributed by atoms with van der Waals surface area (Å²) in [4.78, 5) is 13.1.